The molecule has 3 saturated carbocycles. The van der Waals surface area contributed by atoms with Gasteiger partial charge in [-0.25, -0.2) is 0 Å². The molecule has 7 nitrogen and oxygen atoms in total. The van der Waals surface area contributed by atoms with Crippen molar-refractivity contribution >= 4 is 29.3 Å². The second-order valence-corrected chi connectivity index (χ2v) is 14.0. The number of rotatable bonds is 5. The van der Waals surface area contributed by atoms with Crippen LogP contribution >= 0.6 is 0 Å². The van der Waals surface area contributed by atoms with E-state index in [1.54, 1.807) is 13.0 Å². The summed E-state index contributed by atoms with van der Waals surface area (Å²) in [7, 11) is 0. The maximum atomic E-state index is 11.9. The summed E-state index contributed by atoms with van der Waals surface area (Å²) in [5.41, 5.74) is 0.292. The molecule has 0 bridgehead atoms. The van der Waals surface area contributed by atoms with Crippen LogP contribution in [0.1, 0.15) is 132 Å². The van der Waals surface area contributed by atoms with Gasteiger partial charge >= 0.3 is 11.9 Å². The average molecular weight is 547 g/mol. The Morgan fingerprint density at radius 3 is 1.56 bits per heavy atom. The lowest BCUT2D eigenvalue weighted by Gasteiger charge is -2.41. The molecule has 0 atom stereocenters. The Morgan fingerprint density at radius 1 is 0.769 bits per heavy atom. The summed E-state index contributed by atoms with van der Waals surface area (Å²) < 4.78 is 10.7. The molecule has 3 fully saturated rings. The Labute approximate surface area is 234 Å². The Hall–Kier alpha value is -2.31. The van der Waals surface area contributed by atoms with Gasteiger partial charge in [-0.05, 0) is 123 Å². The van der Waals surface area contributed by atoms with Gasteiger partial charge in [-0.2, -0.15) is 0 Å². The molecule has 0 aromatic carbocycles. The van der Waals surface area contributed by atoms with Gasteiger partial charge in [0.2, 0.25) is 0 Å². The summed E-state index contributed by atoms with van der Waals surface area (Å²) in [6, 6.07) is 0. The van der Waals surface area contributed by atoms with E-state index >= 15 is 0 Å². The highest BCUT2D eigenvalue weighted by atomic mass is 16.6. The molecule has 0 unspecified atom stereocenters. The van der Waals surface area contributed by atoms with Crippen LogP contribution in [-0.4, -0.2) is 40.5 Å². The van der Waals surface area contributed by atoms with E-state index < -0.39 is 11.2 Å². The van der Waals surface area contributed by atoms with Crippen molar-refractivity contribution in [2.75, 3.05) is 0 Å². The monoisotopic (exact) mass is 546 g/mol. The third-order valence-corrected chi connectivity index (χ3v) is 7.61. The largest absolute Gasteiger partial charge is 0.460 e. The minimum atomic E-state index is -0.435. The molecule has 0 N–H and O–H groups in total. The maximum absolute atomic E-state index is 11.9. The lowest BCUT2D eigenvalue weighted by Crippen LogP contribution is -2.37. The molecular weight excluding hydrogens is 496 g/mol. The van der Waals surface area contributed by atoms with E-state index in [9.17, 15) is 24.0 Å². The smallest absolute Gasteiger partial charge is 0.306 e. The van der Waals surface area contributed by atoms with Crippen LogP contribution in [-0.2, 0) is 33.4 Å². The molecule has 0 saturated heterocycles. The van der Waals surface area contributed by atoms with Crippen LogP contribution in [0.5, 0.6) is 0 Å². The number of ether oxygens (including phenoxy) is 2. The lowest BCUT2D eigenvalue weighted by atomic mass is 9.62. The number of hydrogen-bond donors (Lipinski definition) is 0. The Morgan fingerprint density at radius 2 is 1.18 bits per heavy atom. The van der Waals surface area contributed by atoms with Crippen LogP contribution in [0.2, 0.25) is 0 Å². The number of hydrogen-bond acceptors (Lipinski definition) is 7. The highest BCUT2D eigenvalue weighted by Gasteiger charge is 2.42. The predicted molar refractivity (Wildman–Crippen MR) is 150 cm³/mol. The number of allylic oxidation sites excluding steroid dienone is 2. The lowest BCUT2D eigenvalue weighted by molar-refractivity contribution is -0.157. The van der Waals surface area contributed by atoms with Crippen molar-refractivity contribution in [1.82, 2.24) is 0 Å². The molecule has 0 heterocycles. The fourth-order valence-corrected chi connectivity index (χ4v) is 6.01. The molecule has 0 radical (unpaired) electrons. The fraction of sp³-hybridized carbons (Fsp3) is 0.781. The minimum Gasteiger partial charge on any atom is -0.460 e. The van der Waals surface area contributed by atoms with Gasteiger partial charge in [0, 0.05) is 25.7 Å². The number of Topliss-reactive ketones (excluding diaryl/α,β-unsaturated/α-hetero) is 2. The van der Waals surface area contributed by atoms with Crippen molar-refractivity contribution in [2.45, 2.75) is 143 Å². The second kappa shape index (κ2) is 13.8. The van der Waals surface area contributed by atoms with Gasteiger partial charge in [0.25, 0.3) is 0 Å². The topological polar surface area (TPSA) is 104 Å². The van der Waals surface area contributed by atoms with Crippen LogP contribution in [0.25, 0.3) is 0 Å². The van der Waals surface area contributed by atoms with E-state index in [1.165, 1.54) is 5.57 Å². The number of carbonyl (C=O) groups is 5. The number of ketones is 3. The van der Waals surface area contributed by atoms with Crippen molar-refractivity contribution < 1.29 is 33.4 Å². The third kappa shape index (κ3) is 13.1. The number of carbonyl (C=O) groups excluding carboxylic acids is 5. The van der Waals surface area contributed by atoms with Crippen LogP contribution in [0.4, 0.5) is 0 Å². The zero-order valence-corrected chi connectivity index (χ0v) is 25.3. The molecular formula is C32H50O7. The van der Waals surface area contributed by atoms with Gasteiger partial charge < -0.3 is 9.47 Å². The summed E-state index contributed by atoms with van der Waals surface area (Å²) in [5.74, 6) is 0.802. The zero-order chi connectivity index (χ0) is 29.4. The van der Waals surface area contributed by atoms with Crippen molar-refractivity contribution in [3.05, 3.63) is 11.6 Å². The molecule has 39 heavy (non-hydrogen) atoms. The normalized spacial score (nSPS) is 22.0. The van der Waals surface area contributed by atoms with E-state index in [2.05, 4.69) is 0 Å². The molecule has 7 heteroatoms. The molecule has 3 rings (SSSR count). The second-order valence-electron chi connectivity index (χ2n) is 14.0. The van der Waals surface area contributed by atoms with Crippen LogP contribution < -0.4 is 0 Å². The molecule has 0 aliphatic heterocycles. The van der Waals surface area contributed by atoms with E-state index in [-0.39, 0.29) is 41.1 Å². The highest BCUT2D eigenvalue weighted by Crippen LogP contribution is 2.47. The van der Waals surface area contributed by atoms with Gasteiger partial charge in [0.1, 0.15) is 22.8 Å². The SMILES string of the molecule is CC(=O)C=C1CCC(CC(=O)OC(C)(C)C)CC1.CC(C)(C)OC(=O)CC1CCC2(CC1)CC(=O)CC(=O)C2. The Bertz CT molecular complexity index is 909. The van der Waals surface area contributed by atoms with Gasteiger partial charge in [0.05, 0.1) is 6.42 Å². The van der Waals surface area contributed by atoms with E-state index in [0.29, 0.717) is 37.5 Å². The summed E-state index contributed by atoms with van der Waals surface area (Å²) >= 11 is 0. The van der Waals surface area contributed by atoms with Crippen LogP contribution in [0.15, 0.2) is 11.6 Å². The van der Waals surface area contributed by atoms with E-state index in [1.807, 2.05) is 41.5 Å². The fourth-order valence-electron chi connectivity index (χ4n) is 6.01. The summed E-state index contributed by atoms with van der Waals surface area (Å²) in [6.45, 7) is 12.9. The molecule has 220 valence electrons. The van der Waals surface area contributed by atoms with E-state index in [4.69, 9.17) is 9.47 Å². The number of esters is 2. The van der Waals surface area contributed by atoms with E-state index in [0.717, 1.165) is 51.4 Å². The van der Waals surface area contributed by atoms with Crippen molar-refractivity contribution in [3.8, 4) is 0 Å². The summed E-state index contributed by atoms with van der Waals surface area (Å²) in [6.07, 6.45) is 11.4. The van der Waals surface area contributed by atoms with Gasteiger partial charge in [-0.1, -0.05) is 5.57 Å². The molecule has 3 aliphatic rings. The minimum absolute atomic E-state index is 0.0943. The first kappa shape index (κ1) is 32.9. The Balaban J connectivity index is 0.000000277. The molecule has 1 spiro atoms. The van der Waals surface area contributed by atoms with Gasteiger partial charge in [-0.15, -0.1) is 0 Å². The van der Waals surface area contributed by atoms with Crippen LogP contribution in [0, 0.1) is 17.3 Å². The third-order valence-electron chi connectivity index (χ3n) is 7.61. The predicted octanol–water partition coefficient (Wildman–Crippen LogP) is 6.64. The quantitative estimate of drug-likeness (QED) is 0.216. The molecule has 3 aliphatic carbocycles. The van der Waals surface area contributed by atoms with Crippen molar-refractivity contribution in [1.29, 1.82) is 0 Å². The maximum Gasteiger partial charge on any atom is 0.306 e. The highest BCUT2D eigenvalue weighted by molar-refractivity contribution is 6.02. The first-order valence-corrected chi connectivity index (χ1v) is 14.6. The molecule has 0 amide bonds. The summed E-state index contributed by atoms with van der Waals surface area (Å²) in [5, 5.41) is 0. The van der Waals surface area contributed by atoms with Crippen molar-refractivity contribution in [2.24, 2.45) is 17.3 Å². The first-order valence-electron chi connectivity index (χ1n) is 14.6. The van der Waals surface area contributed by atoms with Gasteiger partial charge in [-0.3, -0.25) is 24.0 Å². The average Bonchev–Trinajstić information content (AvgIpc) is 2.74. The van der Waals surface area contributed by atoms with Crippen LogP contribution in [0.3, 0.4) is 0 Å². The molecule has 0 aromatic heterocycles. The first-order chi connectivity index (χ1) is 17.9. The van der Waals surface area contributed by atoms with Crippen molar-refractivity contribution in [3.63, 3.8) is 0 Å². The molecule has 0 aromatic rings. The zero-order valence-electron chi connectivity index (χ0n) is 25.3. The Kier molecular flexibility index (Phi) is 11.7. The van der Waals surface area contributed by atoms with Gasteiger partial charge in [0.15, 0.2) is 5.78 Å². The standard InChI is InChI=1S/C17H26O4.C15H24O3/c1-16(2,3)21-15(20)8-12-4-6-17(7-5-12)10-13(18)9-14(19)11-17;1-11(16)9-12-5-7-13(8-6-12)10-14(17)18-15(2,3)4/h12H,4-11H2,1-3H3;9,13H,5-8,10H2,1-4H3. The summed E-state index contributed by atoms with van der Waals surface area (Å²) in [4.78, 5) is 57.9.